The topological polar surface area (TPSA) is 72.6 Å². The number of thiocarbonyl (C=S) groups is 1. The number of benzene rings is 1. The van der Waals surface area contributed by atoms with Crippen molar-refractivity contribution in [3.05, 3.63) is 67.8 Å². The van der Waals surface area contributed by atoms with E-state index < -0.39 is 0 Å². The molecule has 38 heavy (non-hydrogen) atoms. The highest BCUT2D eigenvalue weighted by molar-refractivity contribution is 8.26. The Morgan fingerprint density at radius 3 is 2.42 bits per heavy atom. The zero-order chi connectivity index (χ0) is 26.8. The minimum absolute atomic E-state index is 0.0577. The second kappa shape index (κ2) is 11.4. The molecule has 5 rings (SSSR count). The quantitative estimate of drug-likeness (QED) is 0.389. The first-order chi connectivity index (χ1) is 18.4. The van der Waals surface area contributed by atoms with Crippen LogP contribution in [0.1, 0.15) is 54.9 Å². The highest BCUT2D eigenvalue weighted by Crippen LogP contribution is 2.39. The van der Waals surface area contributed by atoms with Gasteiger partial charge in [-0.3, -0.25) is 24.0 Å². The van der Waals surface area contributed by atoms with Crippen LogP contribution in [0.3, 0.4) is 0 Å². The number of thioether (sulfide) groups is 1. The number of carbonyl (C=O) groups is 1. The Bertz CT molecular complexity index is 1360. The summed E-state index contributed by atoms with van der Waals surface area (Å²) < 4.78 is 2.30. The van der Waals surface area contributed by atoms with Crippen LogP contribution in [-0.2, 0) is 17.9 Å². The van der Waals surface area contributed by atoms with Gasteiger partial charge in [-0.2, -0.15) is 5.26 Å². The predicted molar refractivity (Wildman–Crippen MR) is 157 cm³/mol. The molecule has 2 aliphatic heterocycles. The fourth-order valence-electron chi connectivity index (χ4n) is 5.83. The van der Waals surface area contributed by atoms with Gasteiger partial charge in [-0.15, -0.1) is 0 Å². The first-order valence-electron chi connectivity index (χ1n) is 13.4. The minimum Gasteiger partial charge on any atom is -0.355 e. The molecule has 1 saturated carbocycles. The van der Waals surface area contributed by atoms with Crippen molar-refractivity contribution in [2.75, 3.05) is 31.1 Å². The summed E-state index contributed by atoms with van der Waals surface area (Å²) in [7, 11) is 0. The monoisotopic (exact) mass is 547 g/mol. The molecule has 0 bridgehead atoms. The van der Waals surface area contributed by atoms with E-state index in [1.165, 1.54) is 17.3 Å². The van der Waals surface area contributed by atoms with Crippen molar-refractivity contribution in [2.24, 2.45) is 0 Å². The van der Waals surface area contributed by atoms with Gasteiger partial charge in [0.05, 0.1) is 4.91 Å². The van der Waals surface area contributed by atoms with Gasteiger partial charge in [0.15, 0.2) is 0 Å². The zero-order valence-corrected chi connectivity index (χ0v) is 23.6. The summed E-state index contributed by atoms with van der Waals surface area (Å²) in [5.74, 6) is 0.734. The van der Waals surface area contributed by atoms with Crippen LogP contribution in [0, 0.1) is 18.3 Å². The van der Waals surface area contributed by atoms with Gasteiger partial charge in [0, 0.05) is 50.9 Å². The number of piperazine rings is 1. The minimum atomic E-state index is -0.273. The molecule has 9 heteroatoms. The molecule has 1 aliphatic carbocycles. The summed E-state index contributed by atoms with van der Waals surface area (Å²) in [5.41, 5.74) is 2.53. The Kier molecular flexibility index (Phi) is 8.03. The molecule has 1 amide bonds. The van der Waals surface area contributed by atoms with E-state index in [1.807, 2.05) is 26.0 Å². The Balaban J connectivity index is 1.49. The van der Waals surface area contributed by atoms with Crippen molar-refractivity contribution in [2.45, 2.75) is 58.7 Å². The van der Waals surface area contributed by atoms with Crippen LogP contribution in [-0.4, -0.2) is 56.8 Å². The van der Waals surface area contributed by atoms with Crippen LogP contribution in [0.4, 0.5) is 5.82 Å². The van der Waals surface area contributed by atoms with Crippen LogP contribution >= 0.6 is 24.0 Å². The van der Waals surface area contributed by atoms with Crippen molar-refractivity contribution < 1.29 is 4.79 Å². The predicted octanol–water partition coefficient (Wildman–Crippen LogP) is 4.51. The van der Waals surface area contributed by atoms with Crippen LogP contribution in [0.25, 0.3) is 6.08 Å². The highest BCUT2D eigenvalue weighted by Gasteiger charge is 2.38. The fraction of sp³-hybridized carbons (Fsp3) is 0.448. The molecule has 0 atom stereocenters. The van der Waals surface area contributed by atoms with E-state index >= 15 is 0 Å². The maximum atomic E-state index is 13.5. The number of nitriles is 1. The van der Waals surface area contributed by atoms with Crippen LogP contribution in [0.2, 0.25) is 0 Å². The molecule has 1 aromatic carbocycles. The van der Waals surface area contributed by atoms with E-state index in [4.69, 9.17) is 12.2 Å². The van der Waals surface area contributed by atoms with Gasteiger partial charge in [0.2, 0.25) is 0 Å². The van der Waals surface area contributed by atoms with Gasteiger partial charge in [-0.05, 0) is 43.9 Å². The number of hydrogen-bond donors (Lipinski definition) is 0. The smallest absolute Gasteiger partial charge is 0.270 e. The Morgan fingerprint density at radius 1 is 1.11 bits per heavy atom. The number of hydrogen-bond acceptors (Lipinski definition) is 7. The Labute approximate surface area is 233 Å². The van der Waals surface area contributed by atoms with Gasteiger partial charge in [-0.25, -0.2) is 0 Å². The normalized spacial score (nSPS) is 20.1. The summed E-state index contributed by atoms with van der Waals surface area (Å²) in [6.07, 6.45) is 6.08. The van der Waals surface area contributed by atoms with Crippen molar-refractivity contribution >= 4 is 46.1 Å². The lowest BCUT2D eigenvalue weighted by molar-refractivity contribution is -0.123. The molecule has 3 heterocycles. The summed E-state index contributed by atoms with van der Waals surface area (Å²) in [4.78, 5) is 33.8. The molecule has 0 radical (unpaired) electrons. The number of rotatable bonds is 6. The lowest BCUT2D eigenvalue weighted by Gasteiger charge is -2.38. The van der Waals surface area contributed by atoms with Crippen LogP contribution in [0.15, 0.2) is 40.0 Å². The van der Waals surface area contributed by atoms with Crippen molar-refractivity contribution in [3.8, 4) is 6.07 Å². The molecule has 0 spiro atoms. The number of anilines is 1. The molecule has 0 unspecified atom stereocenters. The van der Waals surface area contributed by atoms with Crippen molar-refractivity contribution in [3.63, 3.8) is 0 Å². The zero-order valence-electron chi connectivity index (χ0n) is 22.0. The molecule has 0 N–H and O–H groups in total. The lowest BCUT2D eigenvalue weighted by atomic mass is 10.0. The third-order valence-electron chi connectivity index (χ3n) is 7.87. The van der Waals surface area contributed by atoms with Gasteiger partial charge >= 0.3 is 0 Å². The number of amides is 1. The first kappa shape index (κ1) is 26.7. The fourth-order valence-corrected chi connectivity index (χ4v) is 7.21. The van der Waals surface area contributed by atoms with Crippen molar-refractivity contribution in [1.29, 1.82) is 5.26 Å². The third-order valence-corrected chi connectivity index (χ3v) is 9.20. The van der Waals surface area contributed by atoms with E-state index in [2.05, 4.69) is 40.1 Å². The summed E-state index contributed by atoms with van der Waals surface area (Å²) >= 11 is 6.96. The highest BCUT2D eigenvalue weighted by atomic mass is 32.2. The molecule has 7 nitrogen and oxygen atoms in total. The van der Waals surface area contributed by atoms with Gasteiger partial charge in [-0.1, -0.05) is 67.2 Å². The Morgan fingerprint density at radius 2 is 1.79 bits per heavy atom. The molecule has 3 fully saturated rings. The standard InChI is InChI=1S/C29H33N5O2S2/c1-3-33-26(32-15-13-31(14-16-32)19-21-9-5-4-6-10-21)23(20(2)24(18-30)27(33)35)17-25-28(36)34(29(37)38-25)22-11-7-8-12-22/h4-6,9-10,17,22H,3,7-8,11-16,19H2,1-2H3/b25-17-. The summed E-state index contributed by atoms with van der Waals surface area (Å²) in [6.45, 7) is 8.29. The molecule has 2 aromatic rings. The van der Waals surface area contributed by atoms with E-state index in [-0.39, 0.29) is 23.1 Å². The van der Waals surface area contributed by atoms with Crippen molar-refractivity contribution in [1.82, 2.24) is 14.4 Å². The van der Waals surface area contributed by atoms with Gasteiger partial charge < -0.3 is 4.90 Å². The Hall–Kier alpha value is -2.93. The average molecular weight is 548 g/mol. The summed E-state index contributed by atoms with van der Waals surface area (Å²) in [5, 5.41) is 9.85. The molecular formula is C29H33N5O2S2. The molecular weight excluding hydrogens is 514 g/mol. The van der Waals surface area contributed by atoms with E-state index in [0.717, 1.165) is 69.8 Å². The average Bonchev–Trinajstić information content (AvgIpc) is 3.54. The second-order valence-electron chi connectivity index (χ2n) is 10.1. The third kappa shape index (κ3) is 5.05. The number of pyridine rings is 1. The lowest BCUT2D eigenvalue weighted by Crippen LogP contribution is -2.48. The second-order valence-corrected chi connectivity index (χ2v) is 11.8. The molecule has 3 aliphatic rings. The number of nitrogens with zero attached hydrogens (tertiary/aromatic N) is 5. The van der Waals surface area contributed by atoms with Gasteiger partial charge in [0.25, 0.3) is 11.5 Å². The first-order valence-corrected chi connectivity index (χ1v) is 14.6. The molecule has 2 saturated heterocycles. The molecule has 198 valence electrons. The maximum absolute atomic E-state index is 13.5. The molecule has 1 aromatic heterocycles. The van der Waals surface area contributed by atoms with Crippen LogP contribution in [0.5, 0.6) is 0 Å². The number of aromatic nitrogens is 1. The van der Waals surface area contributed by atoms with E-state index in [0.29, 0.717) is 21.3 Å². The van der Waals surface area contributed by atoms with E-state index in [9.17, 15) is 14.9 Å². The van der Waals surface area contributed by atoms with E-state index in [1.54, 1.807) is 9.47 Å². The SMILES string of the molecule is CCn1c(N2CCN(Cc3ccccc3)CC2)c(/C=C2\SC(=S)N(C3CCCC3)C2=O)c(C)c(C#N)c1=O. The van der Waals surface area contributed by atoms with Crippen LogP contribution < -0.4 is 10.5 Å². The largest absolute Gasteiger partial charge is 0.355 e. The maximum Gasteiger partial charge on any atom is 0.270 e. The number of carbonyl (C=O) groups excluding carboxylic acids is 1. The van der Waals surface area contributed by atoms with Gasteiger partial charge in [0.1, 0.15) is 21.8 Å². The summed E-state index contributed by atoms with van der Waals surface area (Å²) in [6, 6.07) is 12.7.